The van der Waals surface area contributed by atoms with Crippen molar-refractivity contribution in [1.82, 2.24) is 14.7 Å². The number of halogens is 1. The first-order valence-corrected chi connectivity index (χ1v) is 6.83. The van der Waals surface area contributed by atoms with Gasteiger partial charge in [0.1, 0.15) is 0 Å². The van der Waals surface area contributed by atoms with E-state index in [0.717, 1.165) is 41.9 Å². The fraction of sp³-hybridized carbons (Fsp3) is 0.667. The van der Waals surface area contributed by atoms with Gasteiger partial charge in [-0.2, -0.15) is 5.10 Å². The minimum absolute atomic E-state index is 0.203. The fourth-order valence-corrected chi connectivity index (χ4v) is 2.92. The Morgan fingerprint density at radius 1 is 1.61 bits per heavy atom. The van der Waals surface area contributed by atoms with Crippen LogP contribution < -0.4 is 5.73 Å². The van der Waals surface area contributed by atoms with Crippen molar-refractivity contribution in [2.24, 2.45) is 18.2 Å². The van der Waals surface area contributed by atoms with Gasteiger partial charge in [0.2, 0.25) is 5.91 Å². The lowest BCUT2D eigenvalue weighted by atomic mass is 9.89. The van der Waals surface area contributed by atoms with Crippen LogP contribution in [-0.4, -0.2) is 33.7 Å². The van der Waals surface area contributed by atoms with Gasteiger partial charge in [-0.05, 0) is 42.7 Å². The van der Waals surface area contributed by atoms with E-state index in [0.29, 0.717) is 0 Å². The van der Waals surface area contributed by atoms with Crippen molar-refractivity contribution >= 4 is 21.8 Å². The van der Waals surface area contributed by atoms with Crippen LogP contribution in [0, 0.1) is 12.3 Å². The molecule has 2 rings (SSSR count). The van der Waals surface area contributed by atoms with Crippen LogP contribution in [-0.2, 0) is 18.4 Å². The van der Waals surface area contributed by atoms with Gasteiger partial charge < -0.3 is 5.73 Å². The van der Waals surface area contributed by atoms with Gasteiger partial charge >= 0.3 is 0 Å². The summed E-state index contributed by atoms with van der Waals surface area (Å²) in [5.74, 6) is -0.203. The van der Waals surface area contributed by atoms with Gasteiger partial charge in [-0.25, -0.2) is 0 Å². The Kier molecular flexibility index (Phi) is 3.51. The molecule has 5 nitrogen and oxygen atoms in total. The van der Waals surface area contributed by atoms with E-state index < -0.39 is 0 Å². The SMILES string of the molecule is Cc1nn(C)c(CN2CCC(C)(C(N)=O)C2)c1Br. The van der Waals surface area contributed by atoms with Gasteiger partial charge in [-0.1, -0.05) is 0 Å². The first kappa shape index (κ1) is 13.5. The van der Waals surface area contributed by atoms with Gasteiger partial charge in [0.25, 0.3) is 0 Å². The molecule has 0 spiro atoms. The molecule has 1 aromatic rings. The Morgan fingerprint density at radius 3 is 2.72 bits per heavy atom. The second kappa shape index (κ2) is 4.66. The van der Waals surface area contributed by atoms with Crippen LogP contribution in [0.3, 0.4) is 0 Å². The highest BCUT2D eigenvalue weighted by molar-refractivity contribution is 9.10. The minimum Gasteiger partial charge on any atom is -0.369 e. The van der Waals surface area contributed by atoms with Crippen LogP contribution in [0.5, 0.6) is 0 Å². The lowest BCUT2D eigenvalue weighted by Crippen LogP contribution is -2.37. The zero-order valence-electron chi connectivity index (χ0n) is 11.0. The number of carbonyl (C=O) groups excluding carboxylic acids is 1. The minimum atomic E-state index is -0.389. The van der Waals surface area contributed by atoms with Crippen LogP contribution in [0.15, 0.2) is 4.47 Å². The normalized spacial score (nSPS) is 24.7. The molecule has 0 aromatic carbocycles. The van der Waals surface area contributed by atoms with E-state index in [-0.39, 0.29) is 11.3 Å². The molecule has 1 aliphatic rings. The molecular weight excluding hydrogens is 296 g/mol. The highest BCUT2D eigenvalue weighted by Crippen LogP contribution is 2.31. The Balaban J connectivity index is 2.10. The van der Waals surface area contributed by atoms with E-state index >= 15 is 0 Å². The number of rotatable bonds is 3. The molecule has 0 saturated carbocycles. The molecule has 6 heteroatoms. The molecule has 2 heterocycles. The maximum absolute atomic E-state index is 11.4. The van der Waals surface area contributed by atoms with Crippen molar-refractivity contribution in [1.29, 1.82) is 0 Å². The number of amides is 1. The standard InChI is InChI=1S/C12H19BrN4O/c1-8-10(13)9(16(3)15-8)6-17-5-4-12(2,7-17)11(14)18/h4-7H2,1-3H3,(H2,14,18). The molecule has 1 saturated heterocycles. The summed E-state index contributed by atoms with van der Waals surface area (Å²) in [5.41, 5.74) is 7.20. The summed E-state index contributed by atoms with van der Waals surface area (Å²) in [5, 5.41) is 4.38. The van der Waals surface area contributed by atoms with E-state index in [4.69, 9.17) is 5.73 Å². The van der Waals surface area contributed by atoms with E-state index in [2.05, 4.69) is 25.9 Å². The molecule has 1 atom stereocenters. The van der Waals surface area contributed by atoms with Crippen molar-refractivity contribution < 1.29 is 4.79 Å². The Bertz CT molecular complexity index is 485. The summed E-state index contributed by atoms with van der Waals surface area (Å²) >= 11 is 3.56. The van der Waals surface area contributed by atoms with E-state index in [9.17, 15) is 4.79 Å². The molecular formula is C12H19BrN4O. The highest BCUT2D eigenvalue weighted by Gasteiger charge is 2.39. The predicted octanol–water partition coefficient (Wildman–Crippen LogP) is 1.19. The molecule has 2 N–H and O–H groups in total. The third-order valence-electron chi connectivity index (χ3n) is 3.78. The molecule has 1 fully saturated rings. The number of aryl methyl sites for hydroxylation is 2. The number of nitrogens with zero attached hydrogens (tertiary/aromatic N) is 3. The fourth-order valence-electron chi connectivity index (χ4n) is 2.46. The van der Waals surface area contributed by atoms with Crippen molar-refractivity contribution in [2.45, 2.75) is 26.8 Å². The van der Waals surface area contributed by atoms with Gasteiger partial charge in [-0.15, -0.1) is 0 Å². The van der Waals surface area contributed by atoms with E-state index in [1.165, 1.54) is 0 Å². The van der Waals surface area contributed by atoms with Crippen molar-refractivity contribution in [2.75, 3.05) is 13.1 Å². The Labute approximate surface area is 115 Å². The lowest BCUT2D eigenvalue weighted by Gasteiger charge is -2.21. The number of likely N-dealkylation sites (tertiary alicyclic amines) is 1. The monoisotopic (exact) mass is 314 g/mol. The van der Waals surface area contributed by atoms with Gasteiger partial charge in [0.05, 0.1) is 21.3 Å². The second-order valence-corrected chi connectivity index (χ2v) is 6.15. The average molecular weight is 315 g/mol. The smallest absolute Gasteiger partial charge is 0.224 e. The summed E-state index contributed by atoms with van der Waals surface area (Å²) in [6.07, 6.45) is 0.830. The Morgan fingerprint density at radius 2 is 2.28 bits per heavy atom. The first-order valence-electron chi connectivity index (χ1n) is 6.04. The van der Waals surface area contributed by atoms with Crippen molar-refractivity contribution in [3.63, 3.8) is 0 Å². The number of aromatic nitrogens is 2. The van der Waals surface area contributed by atoms with Crippen molar-refractivity contribution in [3.8, 4) is 0 Å². The summed E-state index contributed by atoms with van der Waals surface area (Å²) in [6, 6.07) is 0. The van der Waals surface area contributed by atoms with Gasteiger partial charge in [-0.3, -0.25) is 14.4 Å². The maximum atomic E-state index is 11.4. The molecule has 1 amide bonds. The first-order chi connectivity index (χ1) is 8.33. The third kappa shape index (κ3) is 2.31. The summed E-state index contributed by atoms with van der Waals surface area (Å²) in [4.78, 5) is 13.7. The summed E-state index contributed by atoms with van der Waals surface area (Å²) < 4.78 is 2.94. The molecule has 0 radical (unpaired) electrons. The number of hydrogen-bond donors (Lipinski definition) is 1. The highest BCUT2D eigenvalue weighted by atomic mass is 79.9. The van der Waals surface area contributed by atoms with Gasteiger partial charge in [0.15, 0.2) is 0 Å². The molecule has 1 aromatic heterocycles. The topological polar surface area (TPSA) is 64.2 Å². The van der Waals surface area contributed by atoms with Crippen LogP contribution >= 0.6 is 15.9 Å². The lowest BCUT2D eigenvalue weighted by molar-refractivity contribution is -0.126. The molecule has 18 heavy (non-hydrogen) atoms. The average Bonchev–Trinajstić information content (AvgIpc) is 2.77. The second-order valence-electron chi connectivity index (χ2n) is 5.36. The number of hydrogen-bond acceptors (Lipinski definition) is 3. The molecule has 0 bridgehead atoms. The number of primary amides is 1. The van der Waals surface area contributed by atoms with Crippen LogP contribution in [0.2, 0.25) is 0 Å². The van der Waals surface area contributed by atoms with Crippen molar-refractivity contribution in [3.05, 3.63) is 15.9 Å². The molecule has 1 unspecified atom stereocenters. The zero-order valence-corrected chi connectivity index (χ0v) is 12.6. The molecule has 1 aliphatic heterocycles. The maximum Gasteiger partial charge on any atom is 0.224 e. The van der Waals surface area contributed by atoms with E-state index in [1.807, 2.05) is 25.6 Å². The summed E-state index contributed by atoms with van der Waals surface area (Å²) in [7, 11) is 1.94. The van der Waals surface area contributed by atoms with Gasteiger partial charge in [0, 0.05) is 20.1 Å². The van der Waals surface area contributed by atoms with Crippen LogP contribution in [0.4, 0.5) is 0 Å². The molecule has 0 aliphatic carbocycles. The van der Waals surface area contributed by atoms with Crippen LogP contribution in [0.1, 0.15) is 24.7 Å². The quantitative estimate of drug-likeness (QED) is 0.911. The van der Waals surface area contributed by atoms with Crippen LogP contribution in [0.25, 0.3) is 0 Å². The molecule has 100 valence electrons. The van der Waals surface area contributed by atoms with E-state index in [1.54, 1.807) is 0 Å². The third-order valence-corrected chi connectivity index (χ3v) is 4.81. The summed E-state index contributed by atoms with van der Waals surface area (Å²) in [6.45, 7) is 6.33. The predicted molar refractivity (Wildman–Crippen MR) is 72.8 cm³/mol. The largest absolute Gasteiger partial charge is 0.369 e. The Hall–Kier alpha value is -0.880. The zero-order chi connectivity index (χ0) is 13.5. The number of carbonyl (C=O) groups is 1. The number of nitrogens with two attached hydrogens (primary N) is 1.